The maximum atomic E-state index is 12.8. The highest BCUT2D eigenvalue weighted by Crippen LogP contribution is 2.41. The highest BCUT2D eigenvalue weighted by atomic mass is 32.2. The Balaban J connectivity index is 1.52. The normalized spacial score (nSPS) is 21.2. The lowest BCUT2D eigenvalue weighted by atomic mass is 9.97. The Kier molecular flexibility index (Phi) is 5.79. The first-order valence-corrected chi connectivity index (χ1v) is 10.8. The Morgan fingerprint density at radius 1 is 1.32 bits per heavy atom. The number of hydrogen-bond acceptors (Lipinski definition) is 6. The van der Waals surface area contributed by atoms with E-state index in [4.69, 9.17) is 5.73 Å². The van der Waals surface area contributed by atoms with Crippen LogP contribution in [0.2, 0.25) is 0 Å². The molecule has 0 bridgehead atoms. The van der Waals surface area contributed by atoms with Gasteiger partial charge in [0.15, 0.2) is 0 Å². The van der Waals surface area contributed by atoms with Crippen molar-refractivity contribution in [3.05, 3.63) is 76.8 Å². The van der Waals surface area contributed by atoms with Gasteiger partial charge in [0, 0.05) is 18.1 Å². The number of aryl methyl sites for hydroxylation is 1. The number of β-lactam (4-membered cyclic amide) rings is 1. The first-order valence-electron chi connectivity index (χ1n) is 9.79. The Bertz CT molecular complexity index is 1070. The highest BCUT2D eigenvalue weighted by Gasteiger charge is 2.54. The molecule has 8 nitrogen and oxygen atoms in total. The topological polar surface area (TPSA) is 126 Å². The fraction of sp³-hybridized carbons (Fsp3) is 0.273. The van der Waals surface area contributed by atoms with E-state index in [1.54, 1.807) is 36.7 Å². The number of pyridine rings is 1. The summed E-state index contributed by atoms with van der Waals surface area (Å²) >= 11 is 1.44. The number of nitrogens with zero attached hydrogens (tertiary/aromatic N) is 2. The quantitative estimate of drug-likeness (QED) is 0.582. The Morgan fingerprint density at radius 3 is 2.74 bits per heavy atom. The standard InChI is InChI=1S/C22H22N4O4S/c1-12-7-8-24-10-14(12)9-15-11-31-21-17(20(28)26(21)18(15)22(29)30)25-19(27)16(23)13-5-3-2-4-6-13/h2-8,10,16-17,21H,9,11,23H2,1H3,(H,25,27)(H,29,30)/t16-,17-,21-/m1/s1. The maximum Gasteiger partial charge on any atom is 0.352 e. The van der Waals surface area contributed by atoms with Crippen molar-refractivity contribution in [2.24, 2.45) is 5.73 Å². The molecule has 3 atom stereocenters. The average Bonchev–Trinajstić information content (AvgIpc) is 2.78. The molecule has 0 aliphatic carbocycles. The van der Waals surface area contributed by atoms with Crippen molar-refractivity contribution in [1.29, 1.82) is 0 Å². The molecule has 31 heavy (non-hydrogen) atoms. The lowest BCUT2D eigenvalue weighted by Gasteiger charge is -2.49. The Hall–Kier alpha value is -3.17. The predicted octanol–water partition coefficient (Wildman–Crippen LogP) is 1.37. The van der Waals surface area contributed by atoms with Crippen molar-refractivity contribution in [3.8, 4) is 0 Å². The van der Waals surface area contributed by atoms with Crippen LogP contribution in [-0.4, -0.2) is 49.9 Å². The largest absolute Gasteiger partial charge is 0.477 e. The van der Waals surface area contributed by atoms with Gasteiger partial charge in [0.25, 0.3) is 5.91 Å². The second-order valence-corrected chi connectivity index (χ2v) is 8.63. The molecule has 2 aromatic rings. The molecular formula is C22H22N4O4S. The van der Waals surface area contributed by atoms with Crippen LogP contribution in [-0.2, 0) is 20.8 Å². The van der Waals surface area contributed by atoms with Gasteiger partial charge in [0.05, 0.1) is 0 Å². The second-order valence-electron chi connectivity index (χ2n) is 7.52. The van der Waals surface area contributed by atoms with E-state index in [9.17, 15) is 19.5 Å². The molecule has 1 aromatic carbocycles. The van der Waals surface area contributed by atoms with Gasteiger partial charge in [-0.05, 0) is 41.7 Å². The molecule has 4 rings (SSSR count). The first-order chi connectivity index (χ1) is 14.9. The maximum absolute atomic E-state index is 12.8. The molecule has 1 saturated heterocycles. The number of amides is 2. The van der Waals surface area contributed by atoms with E-state index in [-0.39, 0.29) is 5.70 Å². The zero-order chi connectivity index (χ0) is 22.1. The fourth-order valence-electron chi connectivity index (χ4n) is 3.79. The number of carboxylic acids is 1. The van der Waals surface area contributed by atoms with Crippen LogP contribution in [0, 0.1) is 6.92 Å². The lowest BCUT2D eigenvalue weighted by molar-refractivity contribution is -0.150. The van der Waals surface area contributed by atoms with Crippen LogP contribution in [0.1, 0.15) is 22.7 Å². The van der Waals surface area contributed by atoms with Crippen molar-refractivity contribution in [1.82, 2.24) is 15.2 Å². The number of benzene rings is 1. The van der Waals surface area contributed by atoms with Crippen molar-refractivity contribution >= 4 is 29.5 Å². The molecule has 0 spiro atoms. The summed E-state index contributed by atoms with van der Waals surface area (Å²) in [4.78, 5) is 42.8. The molecule has 4 N–H and O–H groups in total. The molecule has 2 aliphatic heterocycles. The van der Waals surface area contributed by atoms with Gasteiger partial charge in [-0.2, -0.15) is 0 Å². The van der Waals surface area contributed by atoms with Crippen molar-refractivity contribution in [2.45, 2.75) is 30.8 Å². The van der Waals surface area contributed by atoms with Crippen LogP contribution >= 0.6 is 11.8 Å². The number of nitrogens with two attached hydrogens (primary N) is 1. The van der Waals surface area contributed by atoms with E-state index in [0.29, 0.717) is 23.3 Å². The minimum Gasteiger partial charge on any atom is -0.477 e. The van der Waals surface area contributed by atoms with Crippen LogP contribution in [0.15, 0.2) is 60.1 Å². The van der Waals surface area contributed by atoms with Gasteiger partial charge in [-0.3, -0.25) is 19.5 Å². The molecular weight excluding hydrogens is 416 g/mol. The number of fused-ring (bicyclic) bond motifs is 1. The number of rotatable bonds is 6. The Morgan fingerprint density at radius 2 is 2.06 bits per heavy atom. The van der Waals surface area contributed by atoms with E-state index in [1.165, 1.54) is 16.7 Å². The minimum absolute atomic E-state index is 0.00476. The summed E-state index contributed by atoms with van der Waals surface area (Å²) in [6, 6.07) is 9.03. The van der Waals surface area contributed by atoms with Gasteiger partial charge < -0.3 is 16.2 Å². The van der Waals surface area contributed by atoms with Crippen molar-refractivity contribution in [3.63, 3.8) is 0 Å². The van der Waals surface area contributed by atoms with Crippen LogP contribution in [0.5, 0.6) is 0 Å². The van der Waals surface area contributed by atoms with Crippen LogP contribution in [0.4, 0.5) is 0 Å². The number of hydrogen-bond donors (Lipinski definition) is 3. The molecule has 0 unspecified atom stereocenters. The fourth-order valence-corrected chi connectivity index (χ4v) is 5.13. The molecule has 2 aliphatic rings. The number of carboxylic acid groups (broad SMARTS) is 1. The molecule has 9 heteroatoms. The van der Waals surface area contributed by atoms with Crippen LogP contribution in [0.25, 0.3) is 0 Å². The van der Waals surface area contributed by atoms with E-state index in [2.05, 4.69) is 10.3 Å². The van der Waals surface area contributed by atoms with E-state index >= 15 is 0 Å². The smallest absolute Gasteiger partial charge is 0.352 e. The number of carbonyl (C=O) groups excluding carboxylic acids is 2. The molecule has 2 amide bonds. The summed E-state index contributed by atoms with van der Waals surface area (Å²) in [6.07, 6.45) is 3.80. The second kappa shape index (κ2) is 8.52. The number of thioether (sulfide) groups is 1. The number of carbonyl (C=O) groups is 3. The average molecular weight is 439 g/mol. The Labute approximate surface area is 183 Å². The zero-order valence-electron chi connectivity index (χ0n) is 16.8. The SMILES string of the molecule is Cc1ccncc1CC1=C(C(=O)O)N2C(=O)[C@@H](NC(=O)[C@H](N)c3ccccc3)[C@H]2SC1. The van der Waals surface area contributed by atoms with Gasteiger partial charge in [-0.15, -0.1) is 11.8 Å². The summed E-state index contributed by atoms with van der Waals surface area (Å²) in [5.41, 5.74) is 9.24. The molecule has 0 radical (unpaired) electrons. The molecule has 1 fully saturated rings. The summed E-state index contributed by atoms with van der Waals surface area (Å²) < 4.78 is 0. The summed E-state index contributed by atoms with van der Waals surface area (Å²) in [6.45, 7) is 1.94. The zero-order valence-corrected chi connectivity index (χ0v) is 17.6. The predicted molar refractivity (Wildman–Crippen MR) is 116 cm³/mol. The van der Waals surface area contributed by atoms with E-state index < -0.39 is 35.2 Å². The van der Waals surface area contributed by atoms with Gasteiger partial charge in [-0.1, -0.05) is 30.3 Å². The molecule has 3 heterocycles. The molecule has 0 saturated carbocycles. The monoisotopic (exact) mass is 438 g/mol. The van der Waals surface area contributed by atoms with Crippen LogP contribution in [0.3, 0.4) is 0 Å². The highest BCUT2D eigenvalue weighted by molar-refractivity contribution is 8.00. The van der Waals surface area contributed by atoms with Crippen molar-refractivity contribution < 1.29 is 19.5 Å². The summed E-state index contributed by atoms with van der Waals surface area (Å²) in [5.74, 6) is -1.62. The third-order valence-corrected chi connectivity index (χ3v) is 6.88. The summed E-state index contributed by atoms with van der Waals surface area (Å²) in [7, 11) is 0. The third kappa shape index (κ3) is 3.94. The number of nitrogens with one attached hydrogen (secondary N) is 1. The summed E-state index contributed by atoms with van der Waals surface area (Å²) in [5, 5.41) is 12.0. The number of aromatic nitrogens is 1. The van der Waals surface area contributed by atoms with E-state index in [1.807, 2.05) is 19.1 Å². The lowest BCUT2D eigenvalue weighted by Crippen LogP contribution is -2.71. The van der Waals surface area contributed by atoms with Crippen molar-refractivity contribution in [2.75, 3.05) is 5.75 Å². The molecule has 160 valence electrons. The van der Waals surface area contributed by atoms with Gasteiger partial charge in [0.2, 0.25) is 5.91 Å². The van der Waals surface area contributed by atoms with Gasteiger partial charge >= 0.3 is 5.97 Å². The van der Waals surface area contributed by atoms with Gasteiger partial charge in [0.1, 0.15) is 23.2 Å². The minimum atomic E-state index is -1.15. The molecule has 1 aromatic heterocycles. The third-order valence-electron chi connectivity index (χ3n) is 5.54. The number of aliphatic carboxylic acids is 1. The van der Waals surface area contributed by atoms with Gasteiger partial charge in [-0.25, -0.2) is 4.79 Å². The van der Waals surface area contributed by atoms with E-state index in [0.717, 1.165) is 11.1 Å². The first kappa shape index (κ1) is 21.1. The van der Waals surface area contributed by atoms with Crippen LogP contribution < -0.4 is 11.1 Å².